The average molecular weight is 1110 g/mol. The van der Waals surface area contributed by atoms with Crippen molar-refractivity contribution in [1.29, 1.82) is 0 Å². The first-order valence-electron chi connectivity index (χ1n) is 28.0. The summed E-state index contributed by atoms with van der Waals surface area (Å²) in [5.41, 5.74) is 13.2. The van der Waals surface area contributed by atoms with E-state index in [1.807, 2.05) is 90.9 Å². The van der Waals surface area contributed by atoms with Gasteiger partial charge in [0.1, 0.15) is 18.1 Å². The maximum absolute atomic E-state index is 14.5. The van der Waals surface area contributed by atoms with Crippen LogP contribution in [0.25, 0.3) is 0 Å². The molecule has 11 atom stereocenters. The molecule has 21 nitrogen and oxygen atoms in total. The van der Waals surface area contributed by atoms with E-state index in [2.05, 4.69) is 31.9 Å². The summed E-state index contributed by atoms with van der Waals surface area (Å²) in [6.45, 7) is 17.8. The molecule has 3 rings (SSSR count). The number of benzene rings is 2. The van der Waals surface area contributed by atoms with Crippen molar-refractivity contribution in [3.63, 3.8) is 0 Å². The topological polar surface area (TPSA) is 289 Å². The van der Waals surface area contributed by atoms with Crippen molar-refractivity contribution in [2.24, 2.45) is 41.1 Å². The van der Waals surface area contributed by atoms with Gasteiger partial charge < -0.3 is 62.6 Å². The molecule has 1 saturated heterocycles. The fourth-order valence-corrected chi connectivity index (χ4v) is 10.4. The standard InChI is InChI=1S/C58H95N11O10/c1-15-37(8)50(68(12)57(76)48(35(4)5)66-56(75)49(36(6)7)67(10)11)45(78-13)32-46(70)69-30-20-24-44(69)51(79-14)38(9)52(71)65-43(31-39-21-17-16-18-22-39)53(72)62-33-40-25-27-41(28-26-40)63-54(73)42(23-19-29-61-58(60)77)64-55(74)47(59)34(2)3/h16-18,21-22,25-28,34-38,42-45,47-51H,15,19-20,23-24,29-33,59H2,1-14H3,(H,62,72)(H,63,73)(H,64,74)(H,65,71)(H,66,75)(H3,60,61,77)/t37-,38+,42-,43-,44-,45+,47-,48-,49-,50-,51+/m0/s1. The third-order valence-electron chi connectivity index (χ3n) is 15.2. The quantitative estimate of drug-likeness (QED) is 0.0489. The number of nitrogens with zero attached hydrogens (tertiary/aromatic N) is 3. The van der Waals surface area contributed by atoms with Crippen LogP contribution >= 0.6 is 0 Å². The zero-order valence-electron chi connectivity index (χ0n) is 49.4. The first kappa shape index (κ1) is 67.1. The number of carbonyl (C=O) groups is 8. The number of primary amides is 1. The monoisotopic (exact) mass is 1110 g/mol. The second kappa shape index (κ2) is 32.8. The Balaban J connectivity index is 1.77. The Hall–Kier alpha value is -6.16. The molecule has 0 unspecified atom stereocenters. The first-order valence-corrected chi connectivity index (χ1v) is 28.0. The highest BCUT2D eigenvalue weighted by molar-refractivity contribution is 5.98. The highest BCUT2D eigenvalue weighted by Crippen LogP contribution is 2.30. The normalized spacial score (nSPS) is 17.4. The molecular weight excluding hydrogens is 1010 g/mol. The molecule has 442 valence electrons. The molecule has 0 radical (unpaired) electrons. The van der Waals surface area contributed by atoms with Gasteiger partial charge in [0.25, 0.3) is 0 Å². The van der Waals surface area contributed by atoms with Gasteiger partial charge in [0.2, 0.25) is 41.4 Å². The number of rotatable bonds is 32. The second-order valence-corrected chi connectivity index (χ2v) is 22.4. The molecular formula is C58H95N11O10. The minimum absolute atomic E-state index is 0.00756. The van der Waals surface area contributed by atoms with Crippen LogP contribution in [-0.2, 0) is 56.0 Å². The predicted octanol–water partition coefficient (Wildman–Crippen LogP) is 3.53. The molecule has 21 heteroatoms. The molecule has 10 N–H and O–H groups in total. The Kier molecular flexibility index (Phi) is 27.9. The number of nitrogens with one attached hydrogen (secondary N) is 6. The van der Waals surface area contributed by atoms with Gasteiger partial charge in [-0.3, -0.25) is 38.5 Å². The fraction of sp³-hybridized carbons (Fsp3) is 0.655. The molecule has 1 aliphatic rings. The van der Waals surface area contributed by atoms with Gasteiger partial charge in [-0.1, -0.05) is 111 Å². The van der Waals surface area contributed by atoms with Gasteiger partial charge in [0.15, 0.2) is 0 Å². The van der Waals surface area contributed by atoms with Crippen molar-refractivity contribution in [2.75, 3.05) is 53.8 Å². The van der Waals surface area contributed by atoms with Gasteiger partial charge in [0.05, 0.1) is 48.7 Å². The van der Waals surface area contributed by atoms with Crippen LogP contribution in [0, 0.1) is 29.6 Å². The second-order valence-electron chi connectivity index (χ2n) is 22.4. The molecule has 0 saturated carbocycles. The number of anilines is 1. The fourth-order valence-electron chi connectivity index (χ4n) is 10.4. The number of likely N-dealkylation sites (N-methyl/N-ethyl adjacent to an activating group) is 2. The van der Waals surface area contributed by atoms with Crippen molar-refractivity contribution < 1.29 is 47.8 Å². The van der Waals surface area contributed by atoms with Gasteiger partial charge in [-0.05, 0) is 86.7 Å². The van der Waals surface area contributed by atoms with Crippen LogP contribution in [0.5, 0.6) is 0 Å². The highest BCUT2D eigenvalue weighted by atomic mass is 16.5. The van der Waals surface area contributed by atoms with E-state index in [9.17, 15) is 38.4 Å². The lowest BCUT2D eigenvalue weighted by Crippen LogP contribution is -2.59. The molecule has 1 fully saturated rings. The number of hydrogen-bond donors (Lipinski definition) is 8. The number of urea groups is 1. The summed E-state index contributed by atoms with van der Waals surface area (Å²) in [7, 11) is 8.44. The van der Waals surface area contributed by atoms with E-state index in [0.717, 1.165) is 5.56 Å². The van der Waals surface area contributed by atoms with Crippen molar-refractivity contribution in [3.8, 4) is 0 Å². The summed E-state index contributed by atoms with van der Waals surface area (Å²) in [5.74, 6) is -3.81. The van der Waals surface area contributed by atoms with E-state index in [0.29, 0.717) is 43.5 Å². The summed E-state index contributed by atoms with van der Waals surface area (Å²) in [4.78, 5) is 114. The lowest BCUT2D eigenvalue weighted by atomic mass is 9.89. The van der Waals surface area contributed by atoms with Crippen LogP contribution in [0.15, 0.2) is 54.6 Å². The number of likely N-dealkylation sites (tertiary alicyclic amines) is 1. The molecule has 79 heavy (non-hydrogen) atoms. The average Bonchev–Trinajstić information content (AvgIpc) is 3.92. The van der Waals surface area contributed by atoms with Crippen LogP contribution in [0.1, 0.15) is 112 Å². The number of methoxy groups -OCH3 is 2. The van der Waals surface area contributed by atoms with Crippen molar-refractivity contribution in [2.45, 2.75) is 168 Å². The van der Waals surface area contributed by atoms with Crippen LogP contribution in [0.4, 0.5) is 10.5 Å². The van der Waals surface area contributed by atoms with Crippen molar-refractivity contribution in [3.05, 3.63) is 65.7 Å². The molecule has 9 amide bonds. The largest absolute Gasteiger partial charge is 0.379 e. The van der Waals surface area contributed by atoms with E-state index >= 15 is 0 Å². The maximum Gasteiger partial charge on any atom is 0.312 e. The van der Waals surface area contributed by atoms with E-state index in [4.69, 9.17) is 20.9 Å². The van der Waals surface area contributed by atoms with Crippen LogP contribution in [0.2, 0.25) is 0 Å². The predicted molar refractivity (Wildman–Crippen MR) is 306 cm³/mol. The third-order valence-corrected chi connectivity index (χ3v) is 15.2. The number of hydrogen-bond acceptors (Lipinski definition) is 12. The van der Waals surface area contributed by atoms with Gasteiger partial charge in [-0.2, -0.15) is 0 Å². The number of ether oxygens (including phenoxy) is 2. The molecule has 0 bridgehead atoms. The first-order chi connectivity index (χ1) is 37.3. The number of nitrogens with two attached hydrogens (primary N) is 2. The van der Waals surface area contributed by atoms with Gasteiger partial charge in [-0.25, -0.2) is 4.79 Å². The van der Waals surface area contributed by atoms with E-state index in [1.165, 1.54) is 14.2 Å². The molecule has 1 aliphatic heterocycles. The maximum atomic E-state index is 14.5. The number of carbonyl (C=O) groups excluding carboxylic acids is 8. The summed E-state index contributed by atoms with van der Waals surface area (Å²) < 4.78 is 12.1. The van der Waals surface area contributed by atoms with Crippen LogP contribution in [0.3, 0.4) is 0 Å². The van der Waals surface area contributed by atoms with E-state index in [1.54, 1.807) is 61.9 Å². The Morgan fingerprint density at radius 1 is 0.722 bits per heavy atom. The summed E-state index contributed by atoms with van der Waals surface area (Å²) in [5, 5.41) is 17.0. The molecule has 1 heterocycles. The number of amides is 9. The summed E-state index contributed by atoms with van der Waals surface area (Å²) >= 11 is 0. The molecule has 2 aromatic rings. The van der Waals surface area contributed by atoms with Gasteiger partial charge >= 0.3 is 6.03 Å². The Bertz CT molecular complexity index is 2280. The van der Waals surface area contributed by atoms with Gasteiger partial charge in [-0.15, -0.1) is 0 Å². The molecule has 0 aromatic heterocycles. The summed E-state index contributed by atoms with van der Waals surface area (Å²) in [6.07, 6.45) is 1.20. The zero-order valence-corrected chi connectivity index (χ0v) is 49.4. The summed E-state index contributed by atoms with van der Waals surface area (Å²) in [6, 6.07) is 10.4. The van der Waals surface area contributed by atoms with Crippen LogP contribution in [-0.4, -0.2) is 165 Å². The minimum Gasteiger partial charge on any atom is -0.379 e. The minimum atomic E-state index is -0.989. The van der Waals surface area contributed by atoms with Crippen molar-refractivity contribution >= 4 is 53.1 Å². The van der Waals surface area contributed by atoms with E-state index < -0.39 is 90.1 Å². The Morgan fingerprint density at radius 2 is 1.35 bits per heavy atom. The molecule has 0 aliphatic carbocycles. The smallest absolute Gasteiger partial charge is 0.312 e. The van der Waals surface area contributed by atoms with Gasteiger partial charge in [0, 0.05) is 53.0 Å². The lowest BCUT2D eigenvalue weighted by Gasteiger charge is -2.41. The van der Waals surface area contributed by atoms with E-state index in [-0.39, 0.29) is 73.7 Å². The third kappa shape index (κ3) is 20.2. The SMILES string of the molecule is CC[C@H](C)[C@@H]([C@@H](CC(=O)N1CCC[C@H]1[C@H](OC)[C@@H](C)C(=O)N[C@@H](Cc1ccccc1)C(=O)NCc1ccc(NC(=O)[C@H](CCCNC(N)=O)NC(=O)[C@@H](N)C(C)C)cc1)OC)N(C)C(=O)[C@@H](NC(=O)[C@H](C(C)C)N(C)C)C(C)C. The zero-order chi connectivity index (χ0) is 59.3. The Labute approximate surface area is 469 Å². The van der Waals surface area contributed by atoms with Crippen LogP contribution < -0.4 is 43.4 Å². The molecule has 0 spiro atoms. The lowest BCUT2D eigenvalue weighted by molar-refractivity contribution is -0.148. The molecule has 2 aromatic carbocycles. The highest BCUT2D eigenvalue weighted by Gasteiger charge is 2.44. The van der Waals surface area contributed by atoms with Crippen molar-refractivity contribution in [1.82, 2.24) is 41.3 Å². The Morgan fingerprint density at radius 3 is 1.90 bits per heavy atom.